The number of likely N-dealkylation sites (tertiary alicyclic amines) is 1. The van der Waals surface area contributed by atoms with Crippen LogP contribution >= 0.6 is 0 Å². The standard InChI is InChI=1S/C26H28N6O/c1-16-6-5-7-22(17(16)2)32-23-11-21(33-4)13-28-26(23)25(29-32)18-8-9-24(27-12-18)31-15-19-10-20(31)14-30(19)3/h5-9,11-13,19-20H,10,14-15H2,1-4H3/t19-,20-/m0/s1. The maximum atomic E-state index is 5.46. The highest BCUT2D eigenvalue weighted by molar-refractivity contribution is 5.91. The molecule has 3 aromatic heterocycles. The van der Waals surface area contributed by atoms with Crippen molar-refractivity contribution >= 4 is 16.9 Å². The van der Waals surface area contributed by atoms with Gasteiger partial charge in [0, 0.05) is 43.0 Å². The zero-order valence-electron chi connectivity index (χ0n) is 19.5. The van der Waals surface area contributed by atoms with E-state index in [-0.39, 0.29) is 0 Å². The second-order valence-electron chi connectivity index (χ2n) is 9.26. The van der Waals surface area contributed by atoms with Crippen LogP contribution in [0.1, 0.15) is 17.5 Å². The normalized spacial score (nSPS) is 20.2. The Bertz CT molecular complexity index is 1340. The molecule has 33 heavy (non-hydrogen) atoms. The van der Waals surface area contributed by atoms with Gasteiger partial charge in [-0.2, -0.15) is 5.10 Å². The van der Waals surface area contributed by atoms with Gasteiger partial charge in [-0.25, -0.2) is 14.6 Å². The lowest BCUT2D eigenvalue weighted by atomic mass is 10.1. The number of piperazine rings is 1. The Morgan fingerprint density at radius 1 is 1.00 bits per heavy atom. The summed E-state index contributed by atoms with van der Waals surface area (Å²) >= 11 is 0. The van der Waals surface area contributed by atoms with Crippen molar-refractivity contribution < 1.29 is 4.74 Å². The Morgan fingerprint density at radius 3 is 2.58 bits per heavy atom. The van der Waals surface area contributed by atoms with E-state index < -0.39 is 0 Å². The predicted octanol–water partition coefficient (Wildman–Crippen LogP) is 4.00. The summed E-state index contributed by atoms with van der Waals surface area (Å²) in [5.41, 5.74) is 7.02. The molecular weight excluding hydrogens is 412 g/mol. The Kier molecular flexibility index (Phi) is 4.62. The number of benzene rings is 1. The highest BCUT2D eigenvalue weighted by Crippen LogP contribution is 2.35. The third-order valence-electron chi connectivity index (χ3n) is 7.36. The topological polar surface area (TPSA) is 59.3 Å². The molecule has 2 aliphatic rings. The summed E-state index contributed by atoms with van der Waals surface area (Å²) in [6.07, 6.45) is 4.92. The number of fused-ring (bicyclic) bond motifs is 3. The zero-order chi connectivity index (χ0) is 22.7. The maximum absolute atomic E-state index is 5.46. The third kappa shape index (κ3) is 3.18. The molecule has 7 heteroatoms. The minimum atomic E-state index is 0.566. The highest BCUT2D eigenvalue weighted by atomic mass is 16.5. The van der Waals surface area contributed by atoms with Gasteiger partial charge in [0.05, 0.1) is 24.5 Å². The monoisotopic (exact) mass is 440 g/mol. The SMILES string of the molecule is COc1cnc2c(-c3ccc(N4C[C@@H]5C[C@H]4CN5C)nc3)nn(-c3cccc(C)c3C)c2c1. The van der Waals surface area contributed by atoms with Crippen LogP contribution in [0.4, 0.5) is 5.82 Å². The number of rotatable bonds is 4. The van der Waals surface area contributed by atoms with Crippen LogP contribution in [0.25, 0.3) is 28.0 Å². The average Bonchev–Trinajstić information content (AvgIpc) is 3.53. The van der Waals surface area contributed by atoms with Crippen LogP contribution in [0.15, 0.2) is 48.8 Å². The van der Waals surface area contributed by atoms with Crippen molar-refractivity contribution in [3.8, 4) is 22.7 Å². The van der Waals surface area contributed by atoms with Gasteiger partial charge >= 0.3 is 0 Å². The Balaban J connectivity index is 1.43. The fraction of sp³-hybridized carbons (Fsp3) is 0.346. The fourth-order valence-corrected chi connectivity index (χ4v) is 5.28. The van der Waals surface area contributed by atoms with Crippen LogP contribution in [0.2, 0.25) is 0 Å². The van der Waals surface area contributed by atoms with Gasteiger partial charge in [-0.3, -0.25) is 4.90 Å². The molecule has 5 heterocycles. The highest BCUT2D eigenvalue weighted by Gasteiger charge is 2.41. The molecule has 0 amide bonds. The van der Waals surface area contributed by atoms with Gasteiger partial charge < -0.3 is 9.64 Å². The molecule has 168 valence electrons. The molecule has 0 radical (unpaired) electrons. The fourth-order valence-electron chi connectivity index (χ4n) is 5.28. The van der Waals surface area contributed by atoms with Crippen LogP contribution in [-0.4, -0.2) is 64.0 Å². The number of methoxy groups -OCH3 is 1. The summed E-state index contributed by atoms with van der Waals surface area (Å²) in [6.45, 7) is 6.42. The lowest BCUT2D eigenvalue weighted by Crippen LogP contribution is -2.44. The Labute approximate surface area is 193 Å². The first-order valence-electron chi connectivity index (χ1n) is 11.5. The minimum Gasteiger partial charge on any atom is -0.495 e. The first kappa shape index (κ1) is 20.2. The number of hydrogen-bond acceptors (Lipinski definition) is 6. The number of aromatic nitrogens is 4. The van der Waals surface area contributed by atoms with Crippen molar-refractivity contribution in [2.75, 3.05) is 32.1 Å². The van der Waals surface area contributed by atoms with Crippen molar-refractivity contribution in [1.82, 2.24) is 24.6 Å². The molecule has 7 nitrogen and oxygen atoms in total. The van der Waals surface area contributed by atoms with Crippen molar-refractivity contribution in [1.29, 1.82) is 0 Å². The molecule has 0 aliphatic carbocycles. The number of ether oxygens (including phenoxy) is 1. The van der Waals surface area contributed by atoms with Crippen LogP contribution in [0, 0.1) is 13.8 Å². The number of pyridine rings is 2. The van der Waals surface area contributed by atoms with E-state index in [1.54, 1.807) is 13.3 Å². The number of likely N-dealkylation sites (N-methyl/N-ethyl adjacent to an activating group) is 1. The number of anilines is 1. The molecule has 2 fully saturated rings. The molecule has 6 rings (SSSR count). The van der Waals surface area contributed by atoms with Crippen LogP contribution in [0.5, 0.6) is 5.75 Å². The number of aryl methyl sites for hydroxylation is 1. The van der Waals surface area contributed by atoms with E-state index >= 15 is 0 Å². The van der Waals surface area contributed by atoms with Crippen molar-refractivity contribution in [3.63, 3.8) is 0 Å². The van der Waals surface area contributed by atoms with Gasteiger partial charge in [0.25, 0.3) is 0 Å². The predicted molar refractivity (Wildman–Crippen MR) is 130 cm³/mol. The molecular formula is C26H28N6O. The third-order valence-corrected chi connectivity index (χ3v) is 7.36. The van der Waals surface area contributed by atoms with E-state index in [2.05, 4.69) is 61.0 Å². The maximum Gasteiger partial charge on any atom is 0.139 e. The summed E-state index contributed by atoms with van der Waals surface area (Å²) in [5.74, 6) is 1.76. The summed E-state index contributed by atoms with van der Waals surface area (Å²) in [6, 6.07) is 13.7. The van der Waals surface area contributed by atoms with Crippen molar-refractivity contribution in [3.05, 3.63) is 59.9 Å². The first-order valence-corrected chi connectivity index (χ1v) is 11.5. The van der Waals surface area contributed by atoms with E-state index in [1.165, 1.54) is 17.5 Å². The Morgan fingerprint density at radius 2 is 1.88 bits per heavy atom. The lowest BCUT2D eigenvalue weighted by molar-refractivity contribution is 0.292. The van der Waals surface area contributed by atoms with Gasteiger partial charge in [0.2, 0.25) is 0 Å². The zero-order valence-corrected chi connectivity index (χ0v) is 19.5. The van der Waals surface area contributed by atoms with Gasteiger partial charge in [-0.1, -0.05) is 12.1 Å². The summed E-state index contributed by atoms with van der Waals surface area (Å²) < 4.78 is 7.44. The van der Waals surface area contributed by atoms with Crippen LogP contribution in [-0.2, 0) is 0 Å². The molecule has 4 aromatic rings. The summed E-state index contributed by atoms with van der Waals surface area (Å²) in [5, 5.41) is 5.02. The first-order chi connectivity index (χ1) is 16.0. The van der Waals surface area contributed by atoms with Gasteiger partial charge in [0.1, 0.15) is 22.8 Å². The molecule has 0 spiro atoms. The van der Waals surface area contributed by atoms with Crippen LogP contribution < -0.4 is 9.64 Å². The number of nitrogens with zero attached hydrogens (tertiary/aromatic N) is 6. The number of hydrogen-bond donors (Lipinski definition) is 0. The molecule has 1 aromatic carbocycles. The summed E-state index contributed by atoms with van der Waals surface area (Å²) in [7, 11) is 3.88. The molecule has 2 saturated heterocycles. The van der Waals surface area contributed by atoms with E-state index in [4.69, 9.17) is 19.8 Å². The molecule has 2 bridgehead atoms. The second-order valence-corrected chi connectivity index (χ2v) is 9.26. The van der Waals surface area contributed by atoms with Gasteiger partial charge in [0.15, 0.2) is 0 Å². The smallest absolute Gasteiger partial charge is 0.139 e. The van der Waals surface area contributed by atoms with E-state index in [9.17, 15) is 0 Å². The van der Waals surface area contributed by atoms with Crippen molar-refractivity contribution in [2.45, 2.75) is 32.4 Å². The molecule has 0 N–H and O–H groups in total. The lowest BCUT2D eigenvalue weighted by Gasteiger charge is -2.32. The summed E-state index contributed by atoms with van der Waals surface area (Å²) in [4.78, 5) is 14.5. The minimum absolute atomic E-state index is 0.566. The van der Waals surface area contributed by atoms with Gasteiger partial charge in [-0.15, -0.1) is 0 Å². The molecule has 0 unspecified atom stereocenters. The molecule has 2 atom stereocenters. The van der Waals surface area contributed by atoms with Gasteiger partial charge in [-0.05, 0) is 56.6 Å². The van der Waals surface area contributed by atoms with E-state index in [0.717, 1.165) is 46.9 Å². The van der Waals surface area contributed by atoms with E-state index in [0.29, 0.717) is 17.8 Å². The van der Waals surface area contributed by atoms with Crippen LogP contribution in [0.3, 0.4) is 0 Å². The average molecular weight is 441 g/mol. The quantitative estimate of drug-likeness (QED) is 0.478. The van der Waals surface area contributed by atoms with E-state index in [1.807, 2.05) is 16.9 Å². The largest absolute Gasteiger partial charge is 0.495 e. The molecule has 0 saturated carbocycles. The Hall–Kier alpha value is -3.45. The second kappa shape index (κ2) is 7.56. The van der Waals surface area contributed by atoms with Crippen molar-refractivity contribution in [2.24, 2.45) is 0 Å². The molecule has 2 aliphatic heterocycles.